The van der Waals surface area contributed by atoms with E-state index in [0.717, 1.165) is 17.0 Å². The van der Waals surface area contributed by atoms with Gasteiger partial charge in [-0.1, -0.05) is 0 Å². The number of benzene rings is 1. The van der Waals surface area contributed by atoms with E-state index in [9.17, 15) is 4.79 Å². The fraction of sp³-hybridized carbons (Fsp3) is 0.286. The van der Waals surface area contributed by atoms with Crippen molar-refractivity contribution in [2.75, 3.05) is 6.61 Å². The summed E-state index contributed by atoms with van der Waals surface area (Å²) in [5, 5.41) is 4.24. The Hall–Kier alpha value is -2.14. The zero-order chi connectivity index (χ0) is 13.8. The van der Waals surface area contributed by atoms with Crippen LogP contribution in [0.5, 0.6) is 5.75 Å². The molecule has 0 atom stereocenters. The topological polar surface area (TPSA) is 70.1 Å². The Balaban J connectivity index is 2.41. The van der Waals surface area contributed by atoms with E-state index >= 15 is 0 Å². The van der Waals surface area contributed by atoms with Gasteiger partial charge in [0.25, 0.3) is 5.56 Å². The molecule has 1 heterocycles. The second kappa shape index (κ2) is 5.67. The first kappa shape index (κ1) is 13.3. The van der Waals surface area contributed by atoms with Gasteiger partial charge in [-0.15, -0.1) is 0 Å². The van der Waals surface area contributed by atoms with Gasteiger partial charge in [-0.3, -0.25) is 4.79 Å². The van der Waals surface area contributed by atoms with Gasteiger partial charge in [0.05, 0.1) is 12.3 Å². The van der Waals surface area contributed by atoms with Crippen molar-refractivity contribution in [3.05, 3.63) is 46.2 Å². The zero-order valence-corrected chi connectivity index (χ0v) is 11.1. The average molecular weight is 259 g/mol. The van der Waals surface area contributed by atoms with E-state index in [2.05, 4.69) is 5.10 Å². The van der Waals surface area contributed by atoms with E-state index in [0.29, 0.717) is 12.2 Å². The molecule has 0 amide bonds. The van der Waals surface area contributed by atoms with E-state index in [1.54, 1.807) is 13.1 Å². The molecule has 0 saturated heterocycles. The molecule has 0 unspecified atom stereocenters. The van der Waals surface area contributed by atoms with Crippen LogP contribution in [-0.2, 0) is 13.6 Å². The lowest BCUT2D eigenvalue weighted by atomic mass is 10.1. The molecule has 5 nitrogen and oxygen atoms in total. The van der Waals surface area contributed by atoms with Gasteiger partial charge < -0.3 is 10.5 Å². The number of rotatable bonds is 4. The van der Waals surface area contributed by atoms with Gasteiger partial charge in [-0.2, -0.15) is 5.10 Å². The highest BCUT2D eigenvalue weighted by Gasteiger charge is 2.07. The van der Waals surface area contributed by atoms with Crippen LogP contribution in [0.15, 0.2) is 35.1 Å². The quantitative estimate of drug-likeness (QED) is 0.898. The number of hydrogen-bond donors (Lipinski definition) is 1. The second-order valence-corrected chi connectivity index (χ2v) is 4.15. The summed E-state index contributed by atoms with van der Waals surface area (Å²) in [5.74, 6) is 0.815. The molecule has 0 aliphatic heterocycles. The molecule has 2 aromatic rings. The first-order valence-electron chi connectivity index (χ1n) is 6.16. The smallest absolute Gasteiger partial charge is 0.271 e. The fourth-order valence-corrected chi connectivity index (χ4v) is 1.85. The maximum atomic E-state index is 11.7. The van der Waals surface area contributed by atoms with Gasteiger partial charge in [0.1, 0.15) is 5.75 Å². The van der Waals surface area contributed by atoms with Crippen molar-refractivity contribution in [3.63, 3.8) is 0 Å². The summed E-state index contributed by atoms with van der Waals surface area (Å²) in [6, 6.07) is 9.33. The van der Waals surface area contributed by atoms with E-state index in [-0.39, 0.29) is 12.1 Å². The Labute approximate surface area is 111 Å². The third-order valence-electron chi connectivity index (χ3n) is 2.82. The van der Waals surface area contributed by atoms with Crippen LogP contribution in [0.2, 0.25) is 0 Å². The van der Waals surface area contributed by atoms with E-state index in [1.165, 1.54) is 4.68 Å². The van der Waals surface area contributed by atoms with E-state index in [1.807, 2.05) is 31.2 Å². The highest BCUT2D eigenvalue weighted by atomic mass is 16.5. The van der Waals surface area contributed by atoms with Crippen LogP contribution in [0.25, 0.3) is 11.3 Å². The number of ether oxygens (including phenoxy) is 1. The molecule has 19 heavy (non-hydrogen) atoms. The van der Waals surface area contributed by atoms with E-state index in [4.69, 9.17) is 10.5 Å². The summed E-state index contributed by atoms with van der Waals surface area (Å²) in [7, 11) is 1.62. The number of hydrogen-bond acceptors (Lipinski definition) is 4. The van der Waals surface area contributed by atoms with Crippen molar-refractivity contribution in [3.8, 4) is 17.0 Å². The standard InChI is InChI=1S/C14H17N3O2/c1-3-19-12-6-4-10(5-7-12)13-8-11(9-15)14(18)17(2)16-13/h4-8H,3,9,15H2,1-2H3. The van der Waals surface area contributed by atoms with Gasteiger partial charge >= 0.3 is 0 Å². The first-order chi connectivity index (χ1) is 9.15. The first-order valence-corrected chi connectivity index (χ1v) is 6.16. The summed E-state index contributed by atoms with van der Waals surface area (Å²) in [6.45, 7) is 2.78. The minimum absolute atomic E-state index is 0.155. The summed E-state index contributed by atoms with van der Waals surface area (Å²) in [5.41, 5.74) is 7.62. The predicted octanol–water partition coefficient (Wildman–Crippen LogP) is 1.30. The Bertz CT molecular complexity index is 618. The monoisotopic (exact) mass is 259 g/mol. The van der Waals surface area contributed by atoms with Crippen molar-refractivity contribution in [1.82, 2.24) is 9.78 Å². The minimum Gasteiger partial charge on any atom is -0.494 e. The molecule has 0 aliphatic rings. The zero-order valence-electron chi connectivity index (χ0n) is 11.1. The van der Waals surface area contributed by atoms with Crippen LogP contribution in [0, 0.1) is 0 Å². The molecule has 0 saturated carbocycles. The molecule has 0 bridgehead atoms. The Morgan fingerprint density at radius 1 is 1.32 bits per heavy atom. The third-order valence-corrected chi connectivity index (χ3v) is 2.82. The van der Waals surface area contributed by atoms with Crippen LogP contribution in [-0.4, -0.2) is 16.4 Å². The maximum Gasteiger partial charge on any atom is 0.271 e. The second-order valence-electron chi connectivity index (χ2n) is 4.15. The summed E-state index contributed by atoms with van der Waals surface area (Å²) < 4.78 is 6.70. The molecule has 100 valence electrons. The van der Waals surface area contributed by atoms with Crippen LogP contribution in [0.1, 0.15) is 12.5 Å². The molecule has 5 heteroatoms. The number of nitrogens with two attached hydrogens (primary N) is 1. The molecule has 0 spiro atoms. The molecule has 1 aromatic heterocycles. The normalized spacial score (nSPS) is 10.5. The SMILES string of the molecule is CCOc1ccc(-c2cc(CN)c(=O)n(C)n2)cc1. The maximum absolute atomic E-state index is 11.7. The summed E-state index contributed by atoms with van der Waals surface area (Å²) in [4.78, 5) is 11.7. The van der Waals surface area contributed by atoms with Gasteiger partial charge in [0.2, 0.25) is 0 Å². The molecule has 0 radical (unpaired) electrons. The number of nitrogens with zero attached hydrogens (tertiary/aromatic N) is 2. The Kier molecular flexibility index (Phi) is 3.97. The molecular formula is C14H17N3O2. The van der Waals surface area contributed by atoms with Crippen LogP contribution < -0.4 is 16.0 Å². The summed E-state index contributed by atoms with van der Waals surface area (Å²) in [6.07, 6.45) is 0. The minimum atomic E-state index is -0.155. The van der Waals surface area contributed by atoms with Gasteiger partial charge in [0.15, 0.2) is 0 Å². The molecule has 0 aliphatic carbocycles. The Morgan fingerprint density at radius 3 is 2.58 bits per heavy atom. The largest absolute Gasteiger partial charge is 0.494 e. The highest BCUT2D eigenvalue weighted by molar-refractivity contribution is 5.60. The van der Waals surface area contributed by atoms with Crippen molar-refractivity contribution < 1.29 is 4.74 Å². The molecule has 1 aromatic carbocycles. The number of aromatic nitrogens is 2. The predicted molar refractivity (Wildman–Crippen MR) is 74.0 cm³/mol. The lowest BCUT2D eigenvalue weighted by Crippen LogP contribution is -2.25. The average Bonchev–Trinajstić information content (AvgIpc) is 2.43. The van der Waals surface area contributed by atoms with Crippen LogP contribution >= 0.6 is 0 Å². The molecule has 0 fully saturated rings. The molecule has 2 rings (SSSR count). The van der Waals surface area contributed by atoms with Gasteiger partial charge in [-0.05, 0) is 37.3 Å². The van der Waals surface area contributed by atoms with Crippen molar-refractivity contribution >= 4 is 0 Å². The number of aryl methyl sites for hydroxylation is 1. The summed E-state index contributed by atoms with van der Waals surface area (Å²) >= 11 is 0. The fourth-order valence-electron chi connectivity index (χ4n) is 1.85. The van der Waals surface area contributed by atoms with Gasteiger partial charge in [-0.25, -0.2) is 4.68 Å². The lowest BCUT2D eigenvalue weighted by molar-refractivity contribution is 0.340. The lowest BCUT2D eigenvalue weighted by Gasteiger charge is -2.07. The van der Waals surface area contributed by atoms with E-state index < -0.39 is 0 Å². The van der Waals surface area contributed by atoms with Crippen LogP contribution in [0.3, 0.4) is 0 Å². The molecular weight excluding hydrogens is 242 g/mol. The van der Waals surface area contributed by atoms with Crippen molar-refractivity contribution in [2.45, 2.75) is 13.5 Å². The molecule has 2 N–H and O–H groups in total. The Morgan fingerprint density at radius 2 is 2.00 bits per heavy atom. The highest BCUT2D eigenvalue weighted by Crippen LogP contribution is 2.20. The van der Waals surface area contributed by atoms with Gasteiger partial charge in [0, 0.05) is 24.7 Å². The third kappa shape index (κ3) is 2.82. The van der Waals surface area contributed by atoms with Crippen molar-refractivity contribution in [2.24, 2.45) is 12.8 Å². The van der Waals surface area contributed by atoms with Crippen molar-refractivity contribution in [1.29, 1.82) is 0 Å². The van der Waals surface area contributed by atoms with Crippen LogP contribution in [0.4, 0.5) is 0 Å².